The van der Waals surface area contributed by atoms with Gasteiger partial charge in [-0.2, -0.15) is 0 Å². The van der Waals surface area contributed by atoms with Crippen molar-refractivity contribution < 1.29 is 48.0 Å². The summed E-state index contributed by atoms with van der Waals surface area (Å²) in [7, 11) is 0. The SMILES string of the molecule is CCCCC1C=C(C(C)(C)C)C=[C]1[Zr+2][c]1c2c(cc(C(C)(C)C)c1C(C)(C)C)-c1cc(C(C)(C)C)c(C(C)(C)C)cc1C2.[Cl-].[Cl-]. The van der Waals surface area contributed by atoms with Crippen molar-refractivity contribution in [3.8, 4) is 11.1 Å². The summed E-state index contributed by atoms with van der Waals surface area (Å²) < 4.78 is 3.60. The second kappa shape index (κ2) is 13.7. The van der Waals surface area contributed by atoms with Crippen LogP contribution in [0.15, 0.2) is 39.2 Å². The number of hydrogen-bond acceptors (Lipinski definition) is 0. The molecule has 0 saturated heterocycles. The van der Waals surface area contributed by atoms with Gasteiger partial charge in [-0.25, -0.2) is 0 Å². The summed E-state index contributed by atoms with van der Waals surface area (Å²) >= 11 is -1.08. The first-order chi connectivity index (χ1) is 19.4. The summed E-state index contributed by atoms with van der Waals surface area (Å²) in [4.78, 5) is 0. The van der Waals surface area contributed by atoms with Crippen LogP contribution in [0.4, 0.5) is 0 Å². The van der Waals surface area contributed by atoms with Crippen molar-refractivity contribution in [3.63, 3.8) is 0 Å². The van der Waals surface area contributed by atoms with Crippen molar-refractivity contribution >= 4 is 3.27 Å². The maximum absolute atomic E-state index is 2.67. The van der Waals surface area contributed by atoms with Gasteiger partial charge in [0.25, 0.3) is 0 Å². The fourth-order valence-electron chi connectivity index (χ4n) is 7.16. The maximum Gasteiger partial charge on any atom is -1.00 e. The second-order valence-electron chi connectivity index (χ2n) is 18.8. The molecule has 0 saturated carbocycles. The van der Waals surface area contributed by atoms with E-state index in [0.29, 0.717) is 5.92 Å². The predicted molar refractivity (Wildman–Crippen MR) is 188 cm³/mol. The fraction of sp³-hybridized carbons (Fsp3) is 0.619. The van der Waals surface area contributed by atoms with Crippen LogP contribution in [0.5, 0.6) is 0 Å². The number of halogens is 2. The van der Waals surface area contributed by atoms with Crippen molar-refractivity contribution in [2.75, 3.05) is 0 Å². The number of benzene rings is 2. The molecule has 0 aliphatic heterocycles. The van der Waals surface area contributed by atoms with Crippen molar-refractivity contribution in [2.24, 2.45) is 11.3 Å². The Morgan fingerprint density at radius 3 is 1.62 bits per heavy atom. The topological polar surface area (TPSA) is 0 Å². The molecule has 2 aliphatic carbocycles. The Hall–Kier alpha value is -0.617. The molecule has 0 nitrogen and oxygen atoms in total. The van der Waals surface area contributed by atoms with E-state index in [2.05, 4.69) is 141 Å². The van der Waals surface area contributed by atoms with Gasteiger partial charge in [0.05, 0.1) is 0 Å². The van der Waals surface area contributed by atoms with Gasteiger partial charge in [-0.15, -0.1) is 0 Å². The van der Waals surface area contributed by atoms with Crippen molar-refractivity contribution in [2.45, 2.75) is 158 Å². The monoisotopic (exact) mass is 726 g/mol. The normalized spacial score (nSPS) is 16.7. The number of rotatable bonds is 5. The number of unbranched alkanes of at least 4 members (excludes halogenated alkanes) is 1. The van der Waals surface area contributed by atoms with E-state index in [1.54, 1.807) is 36.7 Å². The van der Waals surface area contributed by atoms with Gasteiger partial charge in [-0.1, -0.05) is 0 Å². The minimum Gasteiger partial charge on any atom is -1.00 e. The molecule has 1 atom stereocenters. The van der Waals surface area contributed by atoms with E-state index in [1.165, 1.54) is 36.0 Å². The second-order valence-corrected chi connectivity index (χ2v) is 22.0. The molecule has 0 amide bonds. The first-order valence-corrected chi connectivity index (χ1v) is 19.5. The molecular weight excluding hydrogens is 667 g/mol. The van der Waals surface area contributed by atoms with E-state index in [1.807, 2.05) is 3.28 Å². The molecule has 0 spiro atoms. The fourth-order valence-corrected chi connectivity index (χ4v) is 11.9. The molecule has 0 aromatic heterocycles. The summed E-state index contributed by atoms with van der Waals surface area (Å²) in [6.45, 7) is 38.6. The van der Waals surface area contributed by atoms with Gasteiger partial charge in [0.2, 0.25) is 0 Å². The third kappa shape index (κ3) is 8.52. The average Bonchev–Trinajstić information content (AvgIpc) is 3.40. The van der Waals surface area contributed by atoms with E-state index in [0.717, 1.165) is 6.42 Å². The summed E-state index contributed by atoms with van der Waals surface area (Å²) in [5.41, 5.74) is 14.8. The quantitative estimate of drug-likeness (QED) is 0.310. The van der Waals surface area contributed by atoms with Crippen LogP contribution >= 0.6 is 0 Å². The van der Waals surface area contributed by atoms with Crippen LogP contribution in [-0.2, 0) is 51.3 Å². The van der Waals surface area contributed by atoms with E-state index in [9.17, 15) is 0 Å². The molecule has 0 N–H and O–H groups in total. The van der Waals surface area contributed by atoms with Gasteiger partial charge >= 0.3 is 280 Å². The Balaban J connectivity index is 0.00000353. The Morgan fingerprint density at radius 2 is 1.16 bits per heavy atom. The predicted octanol–water partition coefficient (Wildman–Crippen LogP) is 5.84. The first-order valence-electron chi connectivity index (χ1n) is 17.0. The Labute approximate surface area is 302 Å². The van der Waals surface area contributed by atoms with E-state index >= 15 is 0 Å². The largest absolute Gasteiger partial charge is 1.00 e. The van der Waals surface area contributed by atoms with Crippen LogP contribution < -0.4 is 28.1 Å². The van der Waals surface area contributed by atoms with Gasteiger partial charge in [-0.3, -0.25) is 0 Å². The van der Waals surface area contributed by atoms with Crippen LogP contribution in [0.25, 0.3) is 11.1 Å². The molecule has 45 heavy (non-hydrogen) atoms. The molecule has 4 rings (SSSR count). The van der Waals surface area contributed by atoms with E-state index < -0.39 is 23.2 Å². The smallest absolute Gasteiger partial charge is 1.00 e. The van der Waals surface area contributed by atoms with Crippen molar-refractivity contribution in [1.29, 1.82) is 0 Å². The molecule has 0 fully saturated rings. The molecule has 0 radical (unpaired) electrons. The zero-order valence-electron chi connectivity index (χ0n) is 31.5. The summed E-state index contributed by atoms with van der Waals surface area (Å²) in [5, 5.41) is 0. The zero-order valence-corrected chi connectivity index (χ0v) is 35.5. The summed E-state index contributed by atoms with van der Waals surface area (Å²) in [6, 6.07) is 7.86. The maximum atomic E-state index is 2.67. The third-order valence-electron chi connectivity index (χ3n) is 9.60. The van der Waals surface area contributed by atoms with Crippen LogP contribution in [-0.4, -0.2) is 0 Å². The minimum absolute atomic E-state index is 0. The van der Waals surface area contributed by atoms with Crippen LogP contribution in [0.3, 0.4) is 0 Å². The van der Waals surface area contributed by atoms with Crippen LogP contribution in [0, 0.1) is 11.3 Å². The van der Waals surface area contributed by atoms with E-state index in [4.69, 9.17) is 0 Å². The number of hydrogen-bond donors (Lipinski definition) is 0. The molecule has 0 bridgehead atoms. The number of fused-ring (bicyclic) bond motifs is 3. The van der Waals surface area contributed by atoms with Gasteiger partial charge in [0, 0.05) is 0 Å². The molecule has 2 aromatic carbocycles. The average molecular weight is 729 g/mol. The molecule has 2 aliphatic rings. The molecule has 1 unspecified atom stereocenters. The molecule has 248 valence electrons. The Morgan fingerprint density at radius 1 is 0.644 bits per heavy atom. The van der Waals surface area contributed by atoms with E-state index in [-0.39, 0.29) is 51.9 Å². The van der Waals surface area contributed by atoms with Crippen molar-refractivity contribution in [1.82, 2.24) is 0 Å². The standard InChI is InChI=1S/C29H41.C13H21.2ClH.Zr/c1-26(2,3)22-14-18-13-19-15-23(27(4,5)6)25(29(10,11)12)17-21(19)20(18)16-24(22)28(7,8)9;1-5-6-7-11-8-9-12(10-11)13(2,3)4;;;/h14,16-17H,13H2,1-12H3;9-11H,5-7H2,1-4H3;2*1H;/q;;;;+2/p-2. The first kappa shape index (κ1) is 40.6. The zero-order chi connectivity index (χ0) is 32.5. The van der Waals surface area contributed by atoms with Gasteiger partial charge in [-0.05, 0) is 0 Å². The third-order valence-corrected chi connectivity index (χ3v) is 13.6. The van der Waals surface area contributed by atoms with Crippen molar-refractivity contribution in [3.05, 3.63) is 72.6 Å². The van der Waals surface area contributed by atoms with Crippen LogP contribution in [0.1, 0.15) is 163 Å². The Bertz CT molecular complexity index is 1450. The molecular formula is C42H62Cl2Zr. The van der Waals surface area contributed by atoms with Crippen LogP contribution in [0.2, 0.25) is 0 Å². The minimum atomic E-state index is -1.08. The molecule has 2 aromatic rings. The van der Waals surface area contributed by atoms with Gasteiger partial charge < -0.3 is 24.8 Å². The molecule has 3 heteroatoms. The van der Waals surface area contributed by atoms with Gasteiger partial charge in [0.15, 0.2) is 0 Å². The molecule has 0 heterocycles. The Kier molecular flexibility index (Phi) is 12.4. The number of allylic oxidation sites excluding steroid dienone is 4. The summed E-state index contributed by atoms with van der Waals surface area (Å²) in [5.74, 6) is 0.631. The van der Waals surface area contributed by atoms with Gasteiger partial charge in [0.1, 0.15) is 0 Å². The summed E-state index contributed by atoms with van der Waals surface area (Å²) in [6.07, 6.45) is 10.3.